The molecule has 1 N–H and O–H groups in total. The Morgan fingerprint density at radius 2 is 1.92 bits per heavy atom. The Kier molecular flexibility index (Phi) is 4.98. The first-order valence-corrected chi connectivity index (χ1v) is 9.74. The molecule has 3 rings (SSSR count). The quantitative estimate of drug-likeness (QED) is 0.841. The Balaban J connectivity index is 1.90. The minimum atomic E-state index is -3.57. The van der Waals surface area contributed by atoms with Crippen molar-refractivity contribution in [2.75, 3.05) is 18.4 Å². The van der Waals surface area contributed by atoms with Crippen LogP contribution in [-0.2, 0) is 10.0 Å². The lowest BCUT2D eigenvalue weighted by Gasteiger charge is -2.16. The highest BCUT2D eigenvalue weighted by atomic mass is 79.9. The molecule has 1 aromatic heterocycles. The summed E-state index contributed by atoms with van der Waals surface area (Å²) in [5, 5.41) is 2.66. The van der Waals surface area contributed by atoms with E-state index >= 15 is 0 Å². The molecule has 2 aromatic rings. The van der Waals surface area contributed by atoms with E-state index in [0.717, 1.165) is 12.8 Å². The van der Waals surface area contributed by atoms with Crippen LogP contribution in [0.5, 0.6) is 0 Å². The molecule has 1 amide bonds. The number of amides is 1. The van der Waals surface area contributed by atoms with E-state index in [0.29, 0.717) is 23.4 Å². The van der Waals surface area contributed by atoms with E-state index in [1.165, 1.54) is 16.4 Å². The van der Waals surface area contributed by atoms with Crippen LogP contribution in [0, 0.1) is 0 Å². The van der Waals surface area contributed by atoms with Crippen LogP contribution >= 0.6 is 15.9 Å². The summed E-state index contributed by atoms with van der Waals surface area (Å²) in [6.45, 7) is 1.04. The van der Waals surface area contributed by atoms with Crippen molar-refractivity contribution in [2.24, 2.45) is 0 Å². The number of sulfonamides is 1. The summed E-state index contributed by atoms with van der Waals surface area (Å²) in [7, 11) is -3.57. The summed E-state index contributed by atoms with van der Waals surface area (Å²) in [5.41, 5.74) is 0.251. The molecule has 2 heterocycles. The van der Waals surface area contributed by atoms with Gasteiger partial charge in [0.05, 0.1) is 10.5 Å². The molecule has 1 aliphatic heterocycles. The number of carbonyl (C=O) groups is 1. The van der Waals surface area contributed by atoms with Crippen molar-refractivity contribution in [1.29, 1.82) is 0 Å². The molecule has 0 unspecified atom stereocenters. The average Bonchev–Trinajstić information content (AvgIpc) is 3.11. The first kappa shape index (κ1) is 17.1. The Bertz CT molecular complexity index is 850. The number of aromatic nitrogens is 1. The molecule has 0 radical (unpaired) electrons. The fourth-order valence-electron chi connectivity index (χ4n) is 2.54. The van der Waals surface area contributed by atoms with Gasteiger partial charge in [0, 0.05) is 23.8 Å². The van der Waals surface area contributed by atoms with Crippen LogP contribution < -0.4 is 5.32 Å². The number of hydrogen-bond donors (Lipinski definition) is 1. The number of rotatable bonds is 4. The number of hydrogen-bond acceptors (Lipinski definition) is 4. The van der Waals surface area contributed by atoms with Crippen molar-refractivity contribution in [3.05, 3.63) is 52.6 Å². The van der Waals surface area contributed by atoms with Crippen LogP contribution in [0.3, 0.4) is 0 Å². The fraction of sp³-hybridized carbons (Fsp3) is 0.250. The summed E-state index contributed by atoms with van der Waals surface area (Å²) < 4.78 is 27.3. The predicted molar refractivity (Wildman–Crippen MR) is 94.3 cm³/mol. The predicted octanol–water partition coefficient (Wildman–Crippen LogP) is 2.88. The van der Waals surface area contributed by atoms with Crippen molar-refractivity contribution in [3.63, 3.8) is 0 Å². The lowest BCUT2D eigenvalue weighted by atomic mass is 10.2. The highest BCUT2D eigenvalue weighted by molar-refractivity contribution is 9.10. The summed E-state index contributed by atoms with van der Waals surface area (Å²) in [6, 6.07) is 9.65. The van der Waals surface area contributed by atoms with Crippen LogP contribution in [0.1, 0.15) is 23.2 Å². The van der Waals surface area contributed by atoms with E-state index in [9.17, 15) is 13.2 Å². The van der Waals surface area contributed by atoms with Crippen molar-refractivity contribution >= 4 is 37.7 Å². The highest BCUT2D eigenvalue weighted by Gasteiger charge is 2.28. The van der Waals surface area contributed by atoms with E-state index in [-0.39, 0.29) is 10.5 Å². The van der Waals surface area contributed by atoms with Crippen molar-refractivity contribution < 1.29 is 13.2 Å². The van der Waals surface area contributed by atoms with Gasteiger partial charge in [0.2, 0.25) is 10.0 Å². The minimum absolute atomic E-state index is 0.124. The Labute approximate surface area is 149 Å². The molecule has 0 bridgehead atoms. The Morgan fingerprint density at radius 1 is 1.17 bits per heavy atom. The maximum absolute atomic E-state index is 12.6. The second kappa shape index (κ2) is 7.00. The summed E-state index contributed by atoms with van der Waals surface area (Å²) in [5.74, 6) is -0.0127. The largest absolute Gasteiger partial charge is 0.307 e. The van der Waals surface area contributed by atoms with E-state index in [4.69, 9.17) is 0 Å². The molecule has 6 nitrogen and oxygen atoms in total. The van der Waals surface area contributed by atoms with E-state index in [1.807, 2.05) is 0 Å². The lowest BCUT2D eigenvalue weighted by molar-refractivity contribution is 0.102. The number of carbonyl (C=O) groups excluding carboxylic acids is 1. The molecule has 24 heavy (non-hydrogen) atoms. The monoisotopic (exact) mass is 409 g/mol. The molecule has 0 spiro atoms. The van der Waals surface area contributed by atoms with E-state index in [2.05, 4.69) is 26.2 Å². The van der Waals surface area contributed by atoms with Gasteiger partial charge < -0.3 is 5.32 Å². The number of anilines is 1. The zero-order valence-electron chi connectivity index (χ0n) is 12.8. The third-order valence-electron chi connectivity index (χ3n) is 3.79. The van der Waals surface area contributed by atoms with Crippen LogP contribution in [0.15, 0.2) is 52.0 Å². The topological polar surface area (TPSA) is 79.4 Å². The molecule has 0 aliphatic carbocycles. The second-order valence-corrected chi connectivity index (χ2v) is 8.21. The van der Waals surface area contributed by atoms with Gasteiger partial charge in [-0.25, -0.2) is 13.4 Å². The van der Waals surface area contributed by atoms with Crippen molar-refractivity contribution in [1.82, 2.24) is 9.29 Å². The standard InChI is InChI=1S/C16H16BrN3O3S/c17-14-7-6-12(24(22,23)20-9-3-4-10-20)11-13(14)16(21)19-15-5-1-2-8-18-15/h1-2,5-8,11H,3-4,9-10H2,(H,18,19,21). The maximum atomic E-state index is 12.6. The first-order chi connectivity index (χ1) is 11.5. The van der Waals surface area contributed by atoms with Crippen LogP contribution in [0.4, 0.5) is 5.82 Å². The summed E-state index contributed by atoms with van der Waals surface area (Å²) in [4.78, 5) is 16.6. The number of pyridine rings is 1. The Morgan fingerprint density at radius 3 is 2.58 bits per heavy atom. The zero-order chi connectivity index (χ0) is 17.2. The Hall–Kier alpha value is -1.77. The molecule has 1 fully saturated rings. The fourth-order valence-corrected chi connectivity index (χ4v) is 4.51. The average molecular weight is 410 g/mol. The van der Waals surface area contributed by atoms with Gasteiger partial charge in [-0.3, -0.25) is 4.79 Å². The molecular formula is C16H16BrN3O3S. The summed E-state index contributed by atoms with van der Waals surface area (Å²) >= 11 is 3.31. The van der Waals surface area contributed by atoms with Gasteiger partial charge in [0.25, 0.3) is 5.91 Å². The molecule has 0 atom stereocenters. The number of nitrogens with zero attached hydrogens (tertiary/aromatic N) is 2. The summed E-state index contributed by atoms with van der Waals surface area (Å²) in [6.07, 6.45) is 3.30. The van der Waals surface area contributed by atoms with Crippen LogP contribution in [0.25, 0.3) is 0 Å². The van der Waals surface area contributed by atoms with Crippen LogP contribution in [-0.4, -0.2) is 36.7 Å². The number of nitrogens with one attached hydrogen (secondary N) is 1. The smallest absolute Gasteiger partial charge is 0.258 e. The molecule has 126 valence electrons. The molecule has 8 heteroatoms. The minimum Gasteiger partial charge on any atom is -0.307 e. The number of halogens is 1. The molecule has 1 aliphatic rings. The van der Waals surface area contributed by atoms with Gasteiger partial charge in [0.15, 0.2) is 0 Å². The number of benzene rings is 1. The molecule has 1 saturated heterocycles. The van der Waals surface area contributed by atoms with Crippen molar-refractivity contribution in [3.8, 4) is 0 Å². The molecule has 1 aromatic carbocycles. The van der Waals surface area contributed by atoms with Gasteiger partial charge in [-0.15, -0.1) is 0 Å². The third kappa shape index (κ3) is 3.50. The van der Waals surface area contributed by atoms with E-state index in [1.54, 1.807) is 30.5 Å². The molecule has 0 saturated carbocycles. The normalized spacial score (nSPS) is 15.4. The van der Waals surface area contributed by atoms with Gasteiger partial charge in [-0.1, -0.05) is 6.07 Å². The third-order valence-corrected chi connectivity index (χ3v) is 6.38. The SMILES string of the molecule is O=C(Nc1ccccn1)c1cc(S(=O)(=O)N2CCCC2)ccc1Br. The highest BCUT2D eigenvalue weighted by Crippen LogP contribution is 2.26. The molecular weight excluding hydrogens is 394 g/mol. The van der Waals surface area contributed by atoms with Gasteiger partial charge in [-0.2, -0.15) is 4.31 Å². The van der Waals surface area contributed by atoms with Crippen LogP contribution in [0.2, 0.25) is 0 Å². The van der Waals surface area contributed by atoms with E-state index < -0.39 is 15.9 Å². The lowest BCUT2D eigenvalue weighted by Crippen LogP contribution is -2.28. The first-order valence-electron chi connectivity index (χ1n) is 7.50. The van der Waals surface area contributed by atoms with Gasteiger partial charge >= 0.3 is 0 Å². The second-order valence-electron chi connectivity index (χ2n) is 5.42. The van der Waals surface area contributed by atoms with Crippen molar-refractivity contribution in [2.45, 2.75) is 17.7 Å². The maximum Gasteiger partial charge on any atom is 0.258 e. The van der Waals surface area contributed by atoms with Gasteiger partial charge in [-0.05, 0) is 59.1 Å². The van der Waals surface area contributed by atoms with Gasteiger partial charge in [0.1, 0.15) is 5.82 Å². The zero-order valence-corrected chi connectivity index (χ0v) is 15.2.